The van der Waals surface area contributed by atoms with E-state index in [0.29, 0.717) is 10.7 Å². The van der Waals surface area contributed by atoms with Gasteiger partial charge in [-0.25, -0.2) is 14.2 Å². The number of para-hydroxylation sites is 1. The van der Waals surface area contributed by atoms with E-state index < -0.39 is 24.3 Å². The van der Waals surface area contributed by atoms with E-state index in [1.54, 1.807) is 0 Å². The predicted molar refractivity (Wildman–Crippen MR) is 94.6 cm³/mol. The molecule has 1 amide bonds. The molecule has 0 saturated carbocycles. The number of rotatable bonds is 5. The third-order valence-electron chi connectivity index (χ3n) is 3.13. The molecule has 3 aromatic rings. The van der Waals surface area contributed by atoms with Crippen molar-refractivity contribution in [1.82, 2.24) is 4.98 Å². The molecule has 0 atom stereocenters. The van der Waals surface area contributed by atoms with Gasteiger partial charge in [-0.2, -0.15) is 0 Å². The molecule has 0 fully saturated rings. The summed E-state index contributed by atoms with van der Waals surface area (Å²) in [6.07, 6.45) is 2.75. The molecule has 0 spiro atoms. The van der Waals surface area contributed by atoms with Crippen LogP contribution in [0.5, 0.6) is 0 Å². The molecule has 0 saturated heterocycles. The van der Waals surface area contributed by atoms with Crippen LogP contribution in [-0.2, 0) is 14.3 Å². The van der Waals surface area contributed by atoms with Gasteiger partial charge in [-0.3, -0.25) is 4.79 Å². The third kappa shape index (κ3) is 4.71. The Morgan fingerprint density at radius 1 is 1.20 bits per heavy atom. The lowest BCUT2D eigenvalue weighted by molar-refractivity contribution is -0.142. The predicted octanol–water partition coefficient (Wildman–Crippen LogP) is 3.63. The van der Waals surface area contributed by atoms with Gasteiger partial charge in [0.2, 0.25) is 0 Å². The van der Waals surface area contributed by atoms with Crippen molar-refractivity contribution in [2.45, 2.75) is 0 Å². The van der Waals surface area contributed by atoms with Crippen molar-refractivity contribution in [3.8, 4) is 0 Å². The van der Waals surface area contributed by atoms with Crippen molar-refractivity contribution < 1.29 is 18.7 Å². The smallest absolute Gasteiger partial charge is 0.331 e. The molecule has 0 radical (unpaired) electrons. The van der Waals surface area contributed by atoms with E-state index in [1.165, 1.54) is 47.8 Å². The average molecular weight is 356 g/mol. The number of hydrogen-bond acceptors (Lipinski definition) is 5. The second kappa shape index (κ2) is 7.67. The van der Waals surface area contributed by atoms with E-state index in [-0.39, 0.29) is 0 Å². The molecule has 0 unspecified atom stereocenters. The summed E-state index contributed by atoms with van der Waals surface area (Å²) in [7, 11) is 0. The van der Waals surface area contributed by atoms with Crippen LogP contribution < -0.4 is 5.32 Å². The molecule has 0 aliphatic heterocycles. The third-order valence-corrected chi connectivity index (χ3v) is 4.13. The van der Waals surface area contributed by atoms with Crippen molar-refractivity contribution in [2.75, 3.05) is 11.9 Å². The molecule has 1 heterocycles. The van der Waals surface area contributed by atoms with Gasteiger partial charge >= 0.3 is 5.97 Å². The van der Waals surface area contributed by atoms with Crippen molar-refractivity contribution in [2.24, 2.45) is 0 Å². The van der Waals surface area contributed by atoms with E-state index in [2.05, 4.69) is 10.3 Å². The quantitative estimate of drug-likeness (QED) is 0.560. The minimum absolute atomic E-state index is 0.297. The highest BCUT2D eigenvalue weighted by Gasteiger charge is 2.07. The van der Waals surface area contributed by atoms with Crippen molar-refractivity contribution in [3.63, 3.8) is 0 Å². The fourth-order valence-electron chi connectivity index (χ4n) is 2.05. The maximum atomic E-state index is 13.0. The number of amides is 1. The Morgan fingerprint density at radius 2 is 2.04 bits per heavy atom. The highest BCUT2D eigenvalue weighted by molar-refractivity contribution is 7.19. The Kier molecular flexibility index (Phi) is 5.15. The molecule has 25 heavy (non-hydrogen) atoms. The lowest BCUT2D eigenvalue weighted by Crippen LogP contribution is -2.20. The van der Waals surface area contributed by atoms with Crippen LogP contribution >= 0.6 is 11.3 Å². The average Bonchev–Trinajstić information content (AvgIpc) is 3.01. The number of halogens is 1. The summed E-state index contributed by atoms with van der Waals surface area (Å²) in [5, 5.41) is 3.11. The molecule has 126 valence electrons. The van der Waals surface area contributed by atoms with Crippen molar-refractivity contribution >= 4 is 45.2 Å². The summed E-state index contributed by atoms with van der Waals surface area (Å²) in [6, 6.07) is 13.1. The van der Waals surface area contributed by atoms with Crippen LogP contribution in [0.25, 0.3) is 16.3 Å². The van der Waals surface area contributed by atoms with Gasteiger partial charge in [0, 0.05) is 11.8 Å². The van der Waals surface area contributed by atoms with Gasteiger partial charge in [0.1, 0.15) is 10.8 Å². The van der Waals surface area contributed by atoms with Crippen LogP contribution in [0, 0.1) is 5.82 Å². The largest absolute Gasteiger partial charge is 0.452 e. The number of carbonyl (C=O) groups excluding carboxylic acids is 2. The SMILES string of the molecule is O=C(COC(=O)/C=C/c1nc2ccccc2s1)Nc1cccc(F)c1. The van der Waals surface area contributed by atoms with E-state index in [1.807, 2.05) is 24.3 Å². The minimum atomic E-state index is -0.659. The molecular weight excluding hydrogens is 343 g/mol. The number of nitrogens with one attached hydrogen (secondary N) is 1. The number of aromatic nitrogens is 1. The first kappa shape index (κ1) is 16.8. The summed E-state index contributed by atoms with van der Waals surface area (Å²) in [6.45, 7) is -0.459. The summed E-state index contributed by atoms with van der Waals surface area (Å²) in [4.78, 5) is 27.7. The van der Waals surface area contributed by atoms with Crippen molar-refractivity contribution in [1.29, 1.82) is 0 Å². The van der Waals surface area contributed by atoms with Crippen LogP contribution in [0.3, 0.4) is 0 Å². The first-order chi connectivity index (χ1) is 12.1. The van der Waals surface area contributed by atoms with Gasteiger partial charge in [0.15, 0.2) is 6.61 Å². The molecule has 0 aliphatic rings. The molecule has 0 aliphatic carbocycles. The molecule has 1 aromatic heterocycles. The number of ether oxygens (including phenoxy) is 1. The van der Waals surface area contributed by atoms with Gasteiger partial charge < -0.3 is 10.1 Å². The fourth-order valence-corrected chi connectivity index (χ4v) is 2.92. The molecule has 7 heteroatoms. The molecule has 3 rings (SSSR count). The zero-order valence-electron chi connectivity index (χ0n) is 12.9. The van der Waals surface area contributed by atoms with Crippen LogP contribution in [0.1, 0.15) is 5.01 Å². The lowest BCUT2D eigenvalue weighted by atomic mass is 10.3. The van der Waals surface area contributed by atoms with Crippen molar-refractivity contribution in [3.05, 3.63) is 65.4 Å². The van der Waals surface area contributed by atoms with Crippen LogP contribution in [0.4, 0.5) is 10.1 Å². The maximum absolute atomic E-state index is 13.0. The van der Waals surface area contributed by atoms with Gasteiger partial charge in [-0.15, -0.1) is 11.3 Å². The number of esters is 1. The summed E-state index contributed by atoms with van der Waals surface area (Å²) >= 11 is 1.45. The molecule has 5 nitrogen and oxygen atoms in total. The number of benzene rings is 2. The molecular formula is C18H13FN2O3S. The van der Waals surface area contributed by atoms with Crippen LogP contribution in [0.2, 0.25) is 0 Å². The normalized spacial score (nSPS) is 10.9. The zero-order chi connectivity index (χ0) is 17.6. The summed E-state index contributed by atoms with van der Waals surface area (Å²) < 4.78 is 18.9. The number of hydrogen-bond donors (Lipinski definition) is 1. The minimum Gasteiger partial charge on any atom is -0.452 e. The Morgan fingerprint density at radius 3 is 2.84 bits per heavy atom. The highest BCUT2D eigenvalue weighted by Crippen LogP contribution is 2.22. The number of anilines is 1. The van der Waals surface area contributed by atoms with E-state index in [9.17, 15) is 14.0 Å². The fraction of sp³-hybridized carbons (Fsp3) is 0.0556. The Balaban J connectivity index is 1.51. The standard InChI is InChI=1S/C18H13FN2O3S/c19-12-4-3-5-13(10-12)20-16(22)11-24-18(23)9-8-17-21-14-6-1-2-7-15(14)25-17/h1-10H,11H2,(H,20,22)/b9-8+. The van der Waals surface area contributed by atoms with E-state index >= 15 is 0 Å². The Labute approximate surface area is 146 Å². The van der Waals surface area contributed by atoms with Crippen LogP contribution in [-0.4, -0.2) is 23.5 Å². The van der Waals surface area contributed by atoms with Gasteiger partial charge in [-0.1, -0.05) is 18.2 Å². The van der Waals surface area contributed by atoms with Gasteiger partial charge in [0.25, 0.3) is 5.91 Å². The number of carbonyl (C=O) groups is 2. The number of fused-ring (bicyclic) bond motifs is 1. The number of nitrogens with zero attached hydrogens (tertiary/aromatic N) is 1. The highest BCUT2D eigenvalue weighted by atomic mass is 32.1. The second-order valence-corrected chi connectivity index (χ2v) is 6.08. The number of thiazole rings is 1. The van der Waals surface area contributed by atoms with E-state index in [0.717, 1.165) is 10.2 Å². The first-order valence-corrected chi connectivity index (χ1v) is 8.17. The monoisotopic (exact) mass is 356 g/mol. The molecule has 0 bridgehead atoms. The first-order valence-electron chi connectivity index (χ1n) is 7.36. The summed E-state index contributed by atoms with van der Waals surface area (Å²) in [5.41, 5.74) is 1.15. The Hall–Kier alpha value is -3.06. The molecule has 2 aromatic carbocycles. The Bertz CT molecular complexity index is 919. The topological polar surface area (TPSA) is 68.3 Å². The van der Waals surface area contributed by atoms with Gasteiger partial charge in [-0.05, 0) is 36.4 Å². The summed E-state index contributed by atoms with van der Waals surface area (Å²) in [5.74, 6) is -1.67. The van der Waals surface area contributed by atoms with E-state index in [4.69, 9.17) is 4.74 Å². The van der Waals surface area contributed by atoms with Crippen LogP contribution in [0.15, 0.2) is 54.6 Å². The maximum Gasteiger partial charge on any atom is 0.331 e. The second-order valence-electron chi connectivity index (χ2n) is 5.02. The lowest BCUT2D eigenvalue weighted by Gasteiger charge is -2.05. The molecule has 1 N–H and O–H groups in total. The van der Waals surface area contributed by atoms with Gasteiger partial charge in [0.05, 0.1) is 10.2 Å². The zero-order valence-corrected chi connectivity index (χ0v) is 13.8.